The van der Waals surface area contributed by atoms with Gasteiger partial charge in [-0.1, -0.05) is 6.07 Å². The van der Waals surface area contributed by atoms with Gasteiger partial charge in [0.1, 0.15) is 11.6 Å². The third-order valence-corrected chi connectivity index (χ3v) is 2.27. The molecule has 1 atom stereocenters. The van der Waals surface area contributed by atoms with Crippen LogP contribution in [0.2, 0.25) is 0 Å². The fourth-order valence-electron chi connectivity index (χ4n) is 1.38. The number of ether oxygens (including phenoxy) is 1. The van der Waals surface area contributed by atoms with Crippen molar-refractivity contribution in [1.82, 2.24) is 5.43 Å². The van der Waals surface area contributed by atoms with Crippen molar-refractivity contribution >= 4 is 0 Å². The fourth-order valence-corrected chi connectivity index (χ4v) is 1.38. The van der Waals surface area contributed by atoms with Crippen molar-refractivity contribution < 1.29 is 9.13 Å². The van der Waals surface area contributed by atoms with E-state index in [0.29, 0.717) is 17.7 Å². The van der Waals surface area contributed by atoms with Gasteiger partial charge in [-0.2, -0.15) is 0 Å². The first-order valence-corrected chi connectivity index (χ1v) is 4.92. The Labute approximate surface area is 94.8 Å². The van der Waals surface area contributed by atoms with Gasteiger partial charge in [-0.3, -0.25) is 11.3 Å². The quantitative estimate of drug-likeness (QED) is 0.463. The van der Waals surface area contributed by atoms with Gasteiger partial charge in [0.15, 0.2) is 0 Å². The van der Waals surface area contributed by atoms with Crippen molar-refractivity contribution in [3.05, 3.63) is 29.6 Å². The number of methoxy groups -OCH3 is 1. The lowest BCUT2D eigenvalue weighted by atomic mass is 10.0. The lowest BCUT2D eigenvalue weighted by Crippen LogP contribution is -2.28. The zero-order valence-electron chi connectivity index (χ0n) is 9.38. The van der Waals surface area contributed by atoms with Crippen molar-refractivity contribution in [1.29, 1.82) is 0 Å². The van der Waals surface area contributed by atoms with Gasteiger partial charge in [0.05, 0.1) is 13.2 Å². The van der Waals surface area contributed by atoms with Gasteiger partial charge in [-0.15, -0.1) is 11.8 Å². The summed E-state index contributed by atoms with van der Waals surface area (Å²) in [6.07, 6.45) is 0.469. The van der Waals surface area contributed by atoms with Gasteiger partial charge in [-0.05, 0) is 13.0 Å². The highest BCUT2D eigenvalue weighted by atomic mass is 19.1. The molecular formula is C12H15FN2O. The maximum Gasteiger partial charge on any atom is 0.131 e. The predicted octanol–water partition coefficient (Wildman–Crippen LogP) is 1.75. The molecule has 0 spiro atoms. The highest BCUT2D eigenvalue weighted by molar-refractivity contribution is 5.31. The molecule has 0 aliphatic heterocycles. The van der Waals surface area contributed by atoms with Crippen molar-refractivity contribution in [3.63, 3.8) is 0 Å². The van der Waals surface area contributed by atoms with Crippen molar-refractivity contribution in [2.24, 2.45) is 5.84 Å². The van der Waals surface area contributed by atoms with Crippen LogP contribution in [0.3, 0.4) is 0 Å². The Hall–Kier alpha value is -1.57. The molecular weight excluding hydrogens is 207 g/mol. The predicted molar refractivity (Wildman–Crippen MR) is 61.1 cm³/mol. The monoisotopic (exact) mass is 222 g/mol. The summed E-state index contributed by atoms with van der Waals surface area (Å²) in [5.74, 6) is 11.1. The Balaban J connectivity index is 2.95. The number of halogens is 1. The summed E-state index contributed by atoms with van der Waals surface area (Å²) in [5.41, 5.74) is 3.04. The van der Waals surface area contributed by atoms with Crippen molar-refractivity contribution in [2.75, 3.05) is 7.11 Å². The van der Waals surface area contributed by atoms with E-state index in [4.69, 9.17) is 10.6 Å². The lowest BCUT2D eigenvalue weighted by molar-refractivity contribution is 0.409. The molecule has 0 amide bonds. The van der Waals surface area contributed by atoms with E-state index in [-0.39, 0.29) is 11.9 Å². The second-order valence-corrected chi connectivity index (χ2v) is 3.24. The van der Waals surface area contributed by atoms with E-state index >= 15 is 0 Å². The summed E-state index contributed by atoms with van der Waals surface area (Å²) in [5, 5.41) is 0. The molecule has 0 saturated carbocycles. The molecule has 0 aliphatic carbocycles. The summed E-state index contributed by atoms with van der Waals surface area (Å²) in [6, 6.07) is 4.37. The summed E-state index contributed by atoms with van der Waals surface area (Å²) < 4.78 is 18.6. The molecule has 0 aromatic heterocycles. The van der Waals surface area contributed by atoms with Crippen LogP contribution in [0.4, 0.5) is 4.39 Å². The molecule has 1 aromatic carbocycles. The Morgan fingerprint density at radius 1 is 1.56 bits per heavy atom. The van der Waals surface area contributed by atoms with E-state index < -0.39 is 0 Å². The standard InChI is InChI=1S/C12H15FN2O/c1-3-4-5-12(15-14)10-7-6-9(16-2)8-11(10)13/h6-8,12,15H,5,14H2,1-2H3. The topological polar surface area (TPSA) is 47.3 Å². The molecule has 0 aliphatic rings. The van der Waals surface area contributed by atoms with Crippen LogP contribution in [-0.2, 0) is 0 Å². The maximum absolute atomic E-state index is 13.7. The molecule has 0 bridgehead atoms. The van der Waals surface area contributed by atoms with Gasteiger partial charge in [0.2, 0.25) is 0 Å². The lowest BCUT2D eigenvalue weighted by Gasteiger charge is -2.14. The molecule has 3 nitrogen and oxygen atoms in total. The molecule has 1 unspecified atom stereocenters. The largest absolute Gasteiger partial charge is 0.497 e. The van der Waals surface area contributed by atoms with E-state index in [1.807, 2.05) is 0 Å². The minimum Gasteiger partial charge on any atom is -0.497 e. The van der Waals surface area contributed by atoms with Crippen LogP contribution in [0.15, 0.2) is 18.2 Å². The minimum absolute atomic E-state index is 0.307. The molecule has 0 heterocycles. The van der Waals surface area contributed by atoms with Crippen LogP contribution in [0, 0.1) is 17.7 Å². The van der Waals surface area contributed by atoms with E-state index in [0.717, 1.165) is 0 Å². The van der Waals surface area contributed by atoms with Crippen molar-refractivity contribution in [2.45, 2.75) is 19.4 Å². The smallest absolute Gasteiger partial charge is 0.131 e. The number of hydrazine groups is 1. The van der Waals surface area contributed by atoms with Crippen LogP contribution >= 0.6 is 0 Å². The summed E-state index contributed by atoms with van der Waals surface area (Å²) in [4.78, 5) is 0. The molecule has 1 aromatic rings. The summed E-state index contributed by atoms with van der Waals surface area (Å²) in [7, 11) is 1.50. The van der Waals surface area contributed by atoms with Crippen LogP contribution in [0.25, 0.3) is 0 Å². The molecule has 86 valence electrons. The van der Waals surface area contributed by atoms with Gasteiger partial charge in [0, 0.05) is 18.1 Å². The van der Waals surface area contributed by atoms with Gasteiger partial charge in [0.25, 0.3) is 0 Å². The molecule has 0 radical (unpaired) electrons. The third kappa shape index (κ3) is 2.96. The summed E-state index contributed by atoms with van der Waals surface area (Å²) in [6.45, 7) is 1.73. The number of nitrogens with two attached hydrogens (primary N) is 1. The Morgan fingerprint density at radius 2 is 2.31 bits per heavy atom. The van der Waals surface area contributed by atoms with Crippen LogP contribution in [-0.4, -0.2) is 7.11 Å². The van der Waals surface area contributed by atoms with E-state index in [9.17, 15) is 4.39 Å². The summed E-state index contributed by atoms with van der Waals surface area (Å²) >= 11 is 0. The first kappa shape index (κ1) is 12.5. The average molecular weight is 222 g/mol. The Bertz CT molecular complexity index is 409. The number of nitrogens with one attached hydrogen (secondary N) is 1. The maximum atomic E-state index is 13.7. The molecule has 0 fully saturated rings. The Morgan fingerprint density at radius 3 is 2.81 bits per heavy atom. The van der Waals surface area contributed by atoms with Gasteiger partial charge < -0.3 is 4.74 Å². The van der Waals surface area contributed by atoms with Gasteiger partial charge in [-0.25, -0.2) is 4.39 Å². The van der Waals surface area contributed by atoms with E-state index in [1.54, 1.807) is 19.1 Å². The van der Waals surface area contributed by atoms with Crippen LogP contribution in [0.5, 0.6) is 5.75 Å². The molecule has 1 rings (SSSR count). The SMILES string of the molecule is CC#CCC(NN)c1ccc(OC)cc1F. The second-order valence-electron chi connectivity index (χ2n) is 3.24. The minimum atomic E-state index is -0.347. The fraction of sp³-hybridized carbons (Fsp3) is 0.333. The number of hydrogen-bond acceptors (Lipinski definition) is 3. The average Bonchev–Trinajstić information content (AvgIpc) is 2.31. The van der Waals surface area contributed by atoms with Gasteiger partial charge >= 0.3 is 0 Å². The second kappa shape index (κ2) is 6.11. The van der Waals surface area contributed by atoms with Crippen LogP contribution < -0.4 is 16.0 Å². The van der Waals surface area contributed by atoms with Crippen molar-refractivity contribution in [3.8, 4) is 17.6 Å². The third-order valence-electron chi connectivity index (χ3n) is 2.27. The normalized spacial score (nSPS) is 11.5. The first-order chi connectivity index (χ1) is 7.72. The number of benzene rings is 1. The Kier molecular flexibility index (Phi) is 4.77. The van der Waals surface area contributed by atoms with E-state index in [1.165, 1.54) is 13.2 Å². The van der Waals surface area contributed by atoms with E-state index in [2.05, 4.69) is 17.3 Å². The molecule has 3 N–H and O–H groups in total. The molecule has 4 heteroatoms. The highest BCUT2D eigenvalue weighted by Crippen LogP contribution is 2.23. The molecule has 16 heavy (non-hydrogen) atoms. The number of hydrogen-bond donors (Lipinski definition) is 2. The zero-order valence-corrected chi connectivity index (χ0v) is 9.38. The zero-order chi connectivity index (χ0) is 12.0. The molecule has 0 saturated heterocycles. The van der Waals surface area contributed by atoms with Crippen LogP contribution in [0.1, 0.15) is 24.9 Å². The first-order valence-electron chi connectivity index (χ1n) is 4.92. The highest BCUT2D eigenvalue weighted by Gasteiger charge is 2.13. The number of rotatable bonds is 4.